The molecular formula is C17H15ClN2O5S. The van der Waals surface area contributed by atoms with Crippen molar-refractivity contribution in [2.45, 2.75) is 0 Å². The van der Waals surface area contributed by atoms with Gasteiger partial charge in [-0.05, 0) is 36.4 Å². The van der Waals surface area contributed by atoms with Crippen molar-refractivity contribution in [2.75, 3.05) is 22.1 Å². The highest BCUT2D eigenvalue weighted by Crippen LogP contribution is 2.20. The van der Waals surface area contributed by atoms with E-state index in [4.69, 9.17) is 16.7 Å². The van der Waals surface area contributed by atoms with Gasteiger partial charge in [0.1, 0.15) is 11.5 Å². The highest BCUT2D eigenvalue weighted by Gasteiger charge is 2.14. The van der Waals surface area contributed by atoms with Crippen LogP contribution in [0.2, 0.25) is 5.02 Å². The SMILES string of the molecule is O=C(CS(=O)CC(=O)Nc1ccccc1Cl)Nc1ccc(C(=O)O)cc1. The number of anilines is 2. The number of carboxylic acid groups (broad SMARTS) is 1. The van der Waals surface area contributed by atoms with E-state index in [2.05, 4.69) is 10.6 Å². The van der Waals surface area contributed by atoms with Crippen molar-refractivity contribution in [3.8, 4) is 0 Å². The number of aromatic carboxylic acids is 1. The molecule has 2 rings (SSSR count). The lowest BCUT2D eigenvalue weighted by Crippen LogP contribution is -2.26. The zero-order chi connectivity index (χ0) is 19.1. The van der Waals surface area contributed by atoms with Crippen LogP contribution in [-0.4, -0.2) is 38.6 Å². The minimum absolute atomic E-state index is 0.0859. The Bertz CT molecular complexity index is 854. The fraction of sp³-hybridized carbons (Fsp3) is 0.118. The van der Waals surface area contributed by atoms with Crippen LogP contribution >= 0.6 is 11.6 Å². The number of benzene rings is 2. The third-order valence-electron chi connectivity index (χ3n) is 3.15. The molecule has 2 aromatic rings. The molecule has 0 aliphatic heterocycles. The molecule has 7 nitrogen and oxygen atoms in total. The van der Waals surface area contributed by atoms with Gasteiger partial charge in [0.25, 0.3) is 0 Å². The molecule has 1 atom stereocenters. The van der Waals surface area contributed by atoms with E-state index in [1.165, 1.54) is 24.3 Å². The molecule has 0 saturated heterocycles. The molecule has 0 heterocycles. The number of carboxylic acids is 1. The molecule has 3 N–H and O–H groups in total. The van der Waals surface area contributed by atoms with Gasteiger partial charge in [-0.25, -0.2) is 4.79 Å². The van der Waals surface area contributed by atoms with E-state index in [1.54, 1.807) is 24.3 Å². The summed E-state index contributed by atoms with van der Waals surface area (Å²) in [6.45, 7) is 0. The molecule has 26 heavy (non-hydrogen) atoms. The second-order valence-electron chi connectivity index (χ2n) is 5.19. The molecule has 136 valence electrons. The predicted molar refractivity (Wildman–Crippen MR) is 100.0 cm³/mol. The Morgan fingerprint density at radius 3 is 2.08 bits per heavy atom. The summed E-state index contributed by atoms with van der Waals surface area (Å²) in [6, 6.07) is 12.2. The number of carbonyl (C=O) groups excluding carboxylic acids is 2. The van der Waals surface area contributed by atoms with Crippen LogP contribution in [0.25, 0.3) is 0 Å². The lowest BCUT2D eigenvalue weighted by atomic mass is 10.2. The lowest BCUT2D eigenvalue weighted by Gasteiger charge is -2.08. The van der Waals surface area contributed by atoms with Crippen molar-refractivity contribution >= 4 is 51.6 Å². The summed E-state index contributed by atoms with van der Waals surface area (Å²) >= 11 is 5.92. The Hall–Kier alpha value is -2.71. The van der Waals surface area contributed by atoms with Crippen molar-refractivity contribution in [3.05, 3.63) is 59.1 Å². The summed E-state index contributed by atoms with van der Waals surface area (Å²) in [5, 5.41) is 14.2. The number of amides is 2. The van der Waals surface area contributed by atoms with Crippen LogP contribution in [0.15, 0.2) is 48.5 Å². The van der Waals surface area contributed by atoms with E-state index in [-0.39, 0.29) is 17.1 Å². The van der Waals surface area contributed by atoms with Crippen LogP contribution in [0.3, 0.4) is 0 Å². The maximum atomic E-state index is 12.0. The number of hydrogen-bond acceptors (Lipinski definition) is 4. The fourth-order valence-electron chi connectivity index (χ4n) is 1.99. The van der Waals surface area contributed by atoms with E-state index in [1.807, 2.05) is 0 Å². The number of carbonyl (C=O) groups is 3. The van der Waals surface area contributed by atoms with E-state index in [0.29, 0.717) is 16.4 Å². The molecular weight excluding hydrogens is 380 g/mol. The molecule has 0 radical (unpaired) electrons. The van der Waals surface area contributed by atoms with Gasteiger partial charge in [-0.15, -0.1) is 0 Å². The van der Waals surface area contributed by atoms with E-state index in [0.717, 1.165) is 0 Å². The molecule has 2 aromatic carbocycles. The Morgan fingerprint density at radius 2 is 1.50 bits per heavy atom. The van der Waals surface area contributed by atoms with Crippen molar-refractivity contribution in [1.82, 2.24) is 0 Å². The molecule has 0 aliphatic carbocycles. The van der Waals surface area contributed by atoms with Crippen LogP contribution in [0.1, 0.15) is 10.4 Å². The van der Waals surface area contributed by atoms with Gasteiger partial charge in [-0.3, -0.25) is 13.8 Å². The zero-order valence-corrected chi connectivity index (χ0v) is 15.0. The average Bonchev–Trinajstić information content (AvgIpc) is 2.57. The Morgan fingerprint density at radius 1 is 0.923 bits per heavy atom. The summed E-state index contributed by atoms with van der Waals surface area (Å²) in [5.41, 5.74) is 0.861. The van der Waals surface area contributed by atoms with Crippen LogP contribution in [0.5, 0.6) is 0 Å². The topological polar surface area (TPSA) is 113 Å². The number of para-hydroxylation sites is 1. The third-order valence-corrected chi connectivity index (χ3v) is 4.65. The maximum absolute atomic E-state index is 12.0. The Labute approximate surface area is 156 Å². The predicted octanol–water partition coefficient (Wildman–Crippen LogP) is 2.36. The smallest absolute Gasteiger partial charge is 0.335 e. The first-order chi connectivity index (χ1) is 12.3. The number of rotatable bonds is 7. The second kappa shape index (κ2) is 9.12. The molecule has 0 fully saturated rings. The summed E-state index contributed by atoms with van der Waals surface area (Å²) in [4.78, 5) is 34.5. The molecule has 0 aliphatic rings. The molecule has 2 amide bonds. The molecule has 0 spiro atoms. The minimum atomic E-state index is -1.71. The fourth-order valence-corrected chi connectivity index (χ4v) is 3.00. The molecule has 0 aromatic heterocycles. The Kier molecular flexibility index (Phi) is 6.88. The maximum Gasteiger partial charge on any atom is 0.335 e. The zero-order valence-electron chi connectivity index (χ0n) is 13.4. The summed E-state index contributed by atoms with van der Waals surface area (Å²) in [5.74, 6) is -2.85. The minimum Gasteiger partial charge on any atom is -0.478 e. The van der Waals surface area contributed by atoms with Gasteiger partial charge in [0, 0.05) is 16.5 Å². The lowest BCUT2D eigenvalue weighted by molar-refractivity contribution is -0.114. The molecule has 9 heteroatoms. The van der Waals surface area contributed by atoms with Gasteiger partial charge in [0.2, 0.25) is 11.8 Å². The van der Waals surface area contributed by atoms with Crippen molar-refractivity contribution in [3.63, 3.8) is 0 Å². The van der Waals surface area contributed by atoms with Gasteiger partial charge in [0.05, 0.1) is 16.3 Å². The van der Waals surface area contributed by atoms with E-state index in [9.17, 15) is 18.6 Å². The average molecular weight is 395 g/mol. The number of halogens is 1. The van der Waals surface area contributed by atoms with Crippen LogP contribution in [0.4, 0.5) is 11.4 Å². The van der Waals surface area contributed by atoms with Gasteiger partial charge in [-0.2, -0.15) is 0 Å². The standard InChI is InChI=1S/C17H15ClN2O5S/c18-13-3-1-2-4-14(13)20-16(22)10-26(25)9-15(21)19-12-7-5-11(6-8-12)17(23)24/h1-8H,9-10H2,(H,19,21)(H,20,22)(H,23,24). The summed E-state index contributed by atoms with van der Waals surface area (Å²) < 4.78 is 12.0. The quantitative estimate of drug-likeness (QED) is 0.667. The first-order valence-corrected chi connectivity index (χ1v) is 9.24. The van der Waals surface area contributed by atoms with Gasteiger partial charge < -0.3 is 15.7 Å². The van der Waals surface area contributed by atoms with Gasteiger partial charge in [0.15, 0.2) is 0 Å². The highest BCUT2D eigenvalue weighted by molar-refractivity contribution is 7.86. The number of hydrogen-bond donors (Lipinski definition) is 3. The first-order valence-electron chi connectivity index (χ1n) is 7.37. The Balaban J connectivity index is 1.83. The largest absolute Gasteiger partial charge is 0.478 e. The first kappa shape index (κ1) is 19.6. The monoisotopic (exact) mass is 394 g/mol. The highest BCUT2D eigenvalue weighted by atomic mass is 35.5. The normalized spacial score (nSPS) is 11.4. The third kappa shape index (κ3) is 5.98. The second-order valence-corrected chi connectivity index (χ2v) is 7.05. The number of nitrogens with one attached hydrogen (secondary N) is 2. The molecule has 0 saturated carbocycles. The summed E-state index contributed by atoms with van der Waals surface area (Å²) in [6.07, 6.45) is 0. The van der Waals surface area contributed by atoms with Crippen molar-refractivity contribution < 1.29 is 23.7 Å². The van der Waals surface area contributed by atoms with Gasteiger partial charge >= 0.3 is 5.97 Å². The van der Waals surface area contributed by atoms with E-state index < -0.39 is 28.6 Å². The van der Waals surface area contributed by atoms with Crippen molar-refractivity contribution in [1.29, 1.82) is 0 Å². The summed E-state index contributed by atoms with van der Waals surface area (Å²) in [7, 11) is -1.71. The van der Waals surface area contributed by atoms with Crippen LogP contribution in [-0.2, 0) is 20.4 Å². The molecule has 0 bridgehead atoms. The molecule has 1 unspecified atom stereocenters. The van der Waals surface area contributed by atoms with Crippen LogP contribution < -0.4 is 10.6 Å². The van der Waals surface area contributed by atoms with Crippen LogP contribution in [0, 0.1) is 0 Å². The van der Waals surface area contributed by atoms with Crippen molar-refractivity contribution in [2.24, 2.45) is 0 Å². The van der Waals surface area contributed by atoms with Gasteiger partial charge in [-0.1, -0.05) is 23.7 Å². The van der Waals surface area contributed by atoms with E-state index >= 15 is 0 Å².